The van der Waals surface area contributed by atoms with E-state index in [2.05, 4.69) is 15.5 Å². The third-order valence-corrected chi connectivity index (χ3v) is 4.21. The largest absolute Gasteiger partial charge is 0.480 e. The summed E-state index contributed by atoms with van der Waals surface area (Å²) in [5, 5.41) is 11.3. The van der Waals surface area contributed by atoms with Crippen LogP contribution < -0.4 is 10.1 Å². The number of carbonyl (C=O) groups is 1. The maximum Gasteiger partial charge on any atom is 0.252 e. The number of halogens is 1. The lowest BCUT2D eigenvalue weighted by Gasteiger charge is -2.08. The van der Waals surface area contributed by atoms with E-state index in [9.17, 15) is 4.79 Å². The Morgan fingerprint density at radius 2 is 1.88 bits per heavy atom. The fourth-order valence-corrected chi connectivity index (χ4v) is 2.77. The summed E-state index contributed by atoms with van der Waals surface area (Å²) >= 11 is 6.29. The minimum atomic E-state index is -0.196. The van der Waals surface area contributed by atoms with Gasteiger partial charge < -0.3 is 10.1 Å². The van der Waals surface area contributed by atoms with E-state index < -0.39 is 0 Å². The number of amides is 1. The van der Waals surface area contributed by atoms with Crippen LogP contribution in [0.1, 0.15) is 15.9 Å². The summed E-state index contributed by atoms with van der Waals surface area (Å²) in [6.07, 6.45) is 0.768. The molecule has 2 aromatic carbocycles. The van der Waals surface area contributed by atoms with Gasteiger partial charge in [0.2, 0.25) is 5.88 Å². The van der Waals surface area contributed by atoms with Gasteiger partial charge in [-0.15, -0.1) is 10.2 Å². The Balaban J connectivity index is 1.65. The molecule has 1 heterocycles. The molecule has 0 bridgehead atoms. The molecular weight excluding hydrogens is 350 g/mol. The number of hydrogen-bond acceptors (Lipinski definition) is 4. The van der Waals surface area contributed by atoms with Crippen LogP contribution in [0.3, 0.4) is 0 Å². The van der Waals surface area contributed by atoms with Crippen molar-refractivity contribution in [2.45, 2.75) is 6.42 Å². The van der Waals surface area contributed by atoms with Crippen molar-refractivity contribution in [3.8, 4) is 17.1 Å². The van der Waals surface area contributed by atoms with E-state index in [1.165, 1.54) is 12.7 Å². The summed E-state index contributed by atoms with van der Waals surface area (Å²) < 4.78 is 5.00. The molecule has 0 saturated heterocycles. The molecule has 0 fully saturated rings. The summed E-state index contributed by atoms with van der Waals surface area (Å²) in [5.74, 6) is 0.243. The van der Waals surface area contributed by atoms with Crippen molar-refractivity contribution in [1.29, 1.82) is 0 Å². The Hall–Kier alpha value is -2.92. The standard InChI is InChI=1S/C20H18ClN3O2/c1-26-19-10-9-18(23-24-19)15-7-8-16(17(21)13-15)20(25)22-12-11-14-5-3-2-4-6-14/h2-10,13H,11-12H2,1H3,(H,22,25). The lowest BCUT2D eigenvalue weighted by molar-refractivity contribution is 0.0954. The lowest BCUT2D eigenvalue weighted by atomic mass is 10.1. The van der Waals surface area contributed by atoms with Crippen molar-refractivity contribution in [3.63, 3.8) is 0 Å². The molecular formula is C20H18ClN3O2. The number of nitrogens with zero attached hydrogens (tertiary/aromatic N) is 2. The Labute approximate surface area is 157 Å². The van der Waals surface area contributed by atoms with Crippen molar-refractivity contribution in [2.75, 3.05) is 13.7 Å². The molecule has 0 spiro atoms. The average molecular weight is 368 g/mol. The maximum absolute atomic E-state index is 12.3. The molecule has 132 valence electrons. The van der Waals surface area contributed by atoms with E-state index in [0.29, 0.717) is 28.7 Å². The minimum Gasteiger partial charge on any atom is -0.480 e. The molecule has 0 radical (unpaired) electrons. The fraction of sp³-hybridized carbons (Fsp3) is 0.150. The third-order valence-electron chi connectivity index (χ3n) is 3.90. The number of ether oxygens (including phenoxy) is 1. The third kappa shape index (κ3) is 4.37. The average Bonchev–Trinajstić information content (AvgIpc) is 2.68. The van der Waals surface area contributed by atoms with Crippen LogP contribution in [0.15, 0.2) is 60.7 Å². The molecule has 0 saturated carbocycles. The first-order chi connectivity index (χ1) is 12.7. The monoisotopic (exact) mass is 367 g/mol. The number of benzene rings is 2. The van der Waals surface area contributed by atoms with Gasteiger partial charge in [-0.2, -0.15) is 0 Å². The van der Waals surface area contributed by atoms with Gasteiger partial charge in [0.25, 0.3) is 5.91 Å². The highest BCUT2D eigenvalue weighted by molar-refractivity contribution is 6.34. The summed E-state index contributed by atoms with van der Waals surface area (Å²) in [7, 11) is 1.53. The van der Waals surface area contributed by atoms with Crippen LogP contribution in [-0.2, 0) is 6.42 Å². The van der Waals surface area contributed by atoms with E-state index in [4.69, 9.17) is 16.3 Å². The quantitative estimate of drug-likeness (QED) is 0.720. The van der Waals surface area contributed by atoms with Gasteiger partial charge in [0, 0.05) is 18.2 Å². The van der Waals surface area contributed by atoms with Gasteiger partial charge >= 0.3 is 0 Å². The highest BCUT2D eigenvalue weighted by Crippen LogP contribution is 2.24. The zero-order valence-electron chi connectivity index (χ0n) is 14.3. The number of methoxy groups -OCH3 is 1. The lowest BCUT2D eigenvalue weighted by Crippen LogP contribution is -2.25. The topological polar surface area (TPSA) is 64.1 Å². The molecule has 3 aromatic rings. The normalized spacial score (nSPS) is 10.4. The van der Waals surface area contributed by atoms with Crippen molar-refractivity contribution in [3.05, 3.63) is 76.8 Å². The zero-order valence-corrected chi connectivity index (χ0v) is 15.0. The fourth-order valence-electron chi connectivity index (χ4n) is 2.50. The molecule has 0 aliphatic carbocycles. The van der Waals surface area contributed by atoms with Gasteiger partial charge in [-0.1, -0.05) is 48.0 Å². The summed E-state index contributed by atoms with van der Waals surface area (Å²) in [4.78, 5) is 12.3. The molecule has 1 aromatic heterocycles. The maximum atomic E-state index is 12.3. The molecule has 0 aliphatic rings. The summed E-state index contributed by atoms with van der Waals surface area (Å²) in [6, 6.07) is 18.7. The van der Waals surface area contributed by atoms with E-state index in [0.717, 1.165) is 12.0 Å². The number of hydrogen-bond donors (Lipinski definition) is 1. The minimum absolute atomic E-state index is 0.196. The predicted molar refractivity (Wildman–Crippen MR) is 102 cm³/mol. The van der Waals surface area contributed by atoms with E-state index in [1.807, 2.05) is 30.3 Å². The number of rotatable bonds is 6. The van der Waals surface area contributed by atoms with E-state index in [1.54, 1.807) is 30.3 Å². The van der Waals surface area contributed by atoms with Crippen LogP contribution in [0, 0.1) is 0 Å². The number of carbonyl (C=O) groups excluding carboxylic acids is 1. The predicted octanol–water partition coefficient (Wildman–Crippen LogP) is 3.78. The van der Waals surface area contributed by atoms with Gasteiger partial charge in [-0.05, 0) is 30.2 Å². The molecule has 1 N–H and O–H groups in total. The van der Waals surface area contributed by atoms with Gasteiger partial charge in [-0.25, -0.2) is 0 Å². The second kappa shape index (κ2) is 8.45. The van der Waals surface area contributed by atoms with Gasteiger partial charge in [0.1, 0.15) is 0 Å². The first-order valence-electron chi connectivity index (χ1n) is 8.17. The van der Waals surface area contributed by atoms with Crippen molar-refractivity contribution in [1.82, 2.24) is 15.5 Å². The van der Waals surface area contributed by atoms with Crippen LogP contribution >= 0.6 is 11.6 Å². The van der Waals surface area contributed by atoms with Gasteiger partial charge in [0.15, 0.2) is 0 Å². The van der Waals surface area contributed by atoms with Crippen molar-refractivity contribution < 1.29 is 9.53 Å². The molecule has 26 heavy (non-hydrogen) atoms. The SMILES string of the molecule is COc1ccc(-c2ccc(C(=O)NCCc3ccccc3)c(Cl)c2)nn1. The molecule has 0 aliphatic heterocycles. The first kappa shape index (κ1) is 17.9. The molecule has 3 rings (SSSR count). The molecule has 1 amide bonds. The number of nitrogens with one attached hydrogen (secondary N) is 1. The molecule has 0 unspecified atom stereocenters. The zero-order chi connectivity index (χ0) is 18.4. The second-order valence-electron chi connectivity index (χ2n) is 5.65. The smallest absolute Gasteiger partial charge is 0.252 e. The van der Waals surface area contributed by atoms with Gasteiger partial charge in [0.05, 0.1) is 23.4 Å². The second-order valence-corrected chi connectivity index (χ2v) is 6.05. The molecule has 0 atom stereocenters. The Bertz CT molecular complexity index is 883. The van der Waals surface area contributed by atoms with Crippen LogP contribution in [-0.4, -0.2) is 29.8 Å². The highest BCUT2D eigenvalue weighted by Gasteiger charge is 2.12. The summed E-state index contributed by atoms with van der Waals surface area (Å²) in [6.45, 7) is 0.547. The van der Waals surface area contributed by atoms with E-state index in [-0.39, 0.29) is 5.91 Å². The summed E-state index contributed by atoms with van der Waals surface area (Å²) in [5.41, 5.74) is 3.05. The Morgan fingerprint density at radius 3 is 2.54 bits per heavy atom. The molecule has 6 heteroatoms. The highest BCUT2D eigenvalue weighted by atomic mass is 35.5. The number of aromatic nitrogens is 2. The van der Waals surface area contributed by atoms with Gasteiger partial charge in [-0.3, -0.25) is 4.79 Å². The van der Waals surface area contributed by atoms with Crippen LogP contribution in [0.25, 0.3) is 11.3 Å². The molecule has 5 nitrogen and oxygen atoms in total. The Morgan fingerprint density at radius 1 is 1.08 bits per heavy atom. The van der Waals surface area contributed by atoms with Crippen LogP contribution in [0.2, 0.25) is 5.02 Å². The van der Waals surface area contributed by atoms with Crippen molar-refractivity contribution in [2.24, 2.45) is 0 Å². The van der Waals surface area contributed by atoms with Crippen LogP contribution in [0.5, 0.6) is 5.88 Å². The van der Waals surface area contributed by atoms with Crippen LogP contribution in [0.4, 0.5) is 0 Å². The first-order valence-corrected chi connectivity index (χ1v) is 8.55. The Kier molecular flexibility index (Phi) is 5.81. The van der Waals surface area contributed by atoms with Crippen molar-refractivity contribution >= 4 is 17.5 Å². The van der Waals surface area contributed by atoms with E-state index >= 15 is 0 Å².